The third-order valence-electron chi connectivity index (χ3n) is 2.46. The molecule has 0 aliphatic rings. The molecule has 20 heavy (non-hydrogen) atoms. The van der Waals surface area contributed by atoms with Crippen molar-refractivity contribution in [1.29, 1.82) is 0 Å². The van der Waals surface area contributed by atoms with E-state index in [9.17, 15) is 0 Å². The van der Waals surface area contributed by atoms with Crippen molar-refractivity contribution in [3.8, 4) is 0 Å². The minimum atomic E-state index is 0.857. The molecule has 3 heteroatoms. The second-order valence-corrected chi connectivity index (χ2v) is 4.71. The minimum Gasteiger partial charge on any atom is -0.332 e. The molecule has 0 radical (unpaired) electrons. The highest BCUT2D eigenvalue weighted by Gasteiger charge is 2.04. The number of hydrogen-bond acceptors (Lipinski definition) is 3. The summed E-state index contributed by atoms with van der Waals surface area (Å²) in [6.45, 7) is 11.4. The fourth-order valence-corrected chi connectivity index (χ4v) is 2.17. The number of nitrogens with zero attached hydrogens (tertiary/aromatic N) is 1. The number of nitrogens with one attached hydrogen (secondary N) is 1. The second kappa shape index (κ2) is 8.88. The van der Waals surface area contributed by atoms with Crippen molar-refractivity contribution in [3.05, 3.63) is 78.5 Å². The number of hydrogen-bond donors (Lipinski definition) is 1. The van der Waals surface area contributed by atoms with Crippen molar-refractivity contribution in [3.63, 3.8) is 0 Å². The van der Waals surface area contributed by atoms with Crippen LogP contribution in [0.1, 0.15) is 19.5 Å². The molecular weight excluding hydrogens is 264 g/mol. The van der Waals surface area contributed by atoms with Crippen molar-refractivity contribution < 1.29 is 0 Å². The van der Waals surface area contributed by atoms with E-state index >= 15 is 0 Å². The summed E-state index contributed by atoms with van der Waals surface area (Å²) in [6.07, 6.45) is 15.4. The Morgan fingerprint density at radius 1 is 1.30 bits per heavy atom. The highest BCUT2D eigenvalue weighted by atomic mass is 32.1. The number of anilines is 1. The molecule has 0 saturated heterocycles. The van der Waals surface area contributed by atoms with Gasteiger partial charge in [-0.3, -0.25) is 0 Å². The molecule has 1 aromatic heterocycles. The molecule has 0 spiro atoms. The highest BCUT2D eigenvalue weighted by molar-refractivity contribution is 7.13. The van der Waals surface area contributed by atoms with E-state index in [2.05, 4.69) is 23.5 Å². The maximum atomic E-state index is 4.56. The van der Waals surface area contributed by atoms with Crippen LogP contribution in [0, 0.1) is 0 Å². The van der Waals surface area contributed by atoms with Crippen LogP contribution < -0.4 is 5.32 Å². The third kappa shape index (κ3) is 4.86. The summed E-state index contributed by atoms with van der Waals surface area (Å²) in [5.41, 5.74) is 2.92. The average Bonchev–Trinajstić information content (AvgIpc) is 2.92. The Hall–Kier alpha value is -2.13. The van der Waals surface area contributed by atoms with Crippen molar-refractivity contribution in [2.75, 3.05) is 5.32 Å². The summed E-state index contributed by atoms with van der Waals surface area (Å²) in [5, 5.41) is 6.15. The van der Waals surface area contributed by atoms with Gasteiger partial charge in [0, 0.05) is 16.7 Å². The molecule has 1 heterocycles. The standard InChI is InChI=1S/C17H20N2S/c1-5-9-11-14(7-3)16-13-20-17(19-16)18-15(8-4)12-10-6-2/h5-13H,2-3H2,1,4H3,(H,18,19)/b9-5-,12-10-,14-11+,15-8+. The number of rotatable bonds is 7. The molecule has 1 rings (SSSR count). The molecule has 0 aromatic carbocycles. The fourth-order valence-electron chi connectivity index (χ4n) is 1.43. The van der Waals surface area contributed by atoms with E-state index in [1.165, 1.54) is 0 Å². The van der Waals surface area contributed by atoms with Crippen LogP contribution in [0.15, 0.2) is 72.8 Å². The van der Waals surface area contributed by atoms with E-state index in [1.54, 1.807) is 17.4 Å². The number of thiazole rings is 1. The molecule has 0 amide bonds. The van der Waals surface area contributed by atoms with Gasteiger partial charge < -0.3 is 5.32 Å². The van der Waals surface area contributed by atoms with Crippen LogP contribution in [0.2, 0.25) is 0 Å². The zero-order chi connectivity index (χ0) is 14.8. The van der Waals surface area contributed by atoms with Gasteiger partial charge in [-0.1, -0.05) is 55.7 Å². The Kier molecular flexibility index (Phi) is 7.07. The molecule has 0 unspecified atom stereocenters. The van der Waals surface area contributed by atoms with Crippen molar-refractivity contribution in [2.45, 2.75) is 13.8 Å². The van der Waals surface area contributed by atoms with Crippen molar-refractivity contribution in [1.82, 2.24) is 4.98 Å². The summed E-state index contributed by atoms with van der Waals surface area (Å²) in [4.78, 5) is 4.56. The first-order chi connectivity index (χ1) is 9.74. The minimum absolute atomic E-state index is 0.857. The lowest BCUT2D eigenvalue weighted by Crippen LogP contribution is -1.96. The molecule has 104 valence electrons. The normalized spacial score (nSPS) is 13.1. The lowest BCUT2D eigenvalue weighted by Gasteiger charge is -2.02. The Bertz CT molecular complexity index is 572. The number of aromatic nitrogens is 1. The summed E-state index contributed by atoms with van der Waals surface area (Å²) in [7, 11) is 0. The zero-order valence-electron chi connectivity index (χ0n) is 12.0. The van der Waals surface area contributed by atoms with Crippen LogP contribution in [0.3, 0.4) is 0 Å². The summed E-state index contributed by atoms with van der Waals surface area (Å²) >= 11 is 1.57. The van der Waals surface area contributed by atoms with E-state index in [-0.39, 0.29) is 0 Å². The summed E-state index contributed by atoms with van der Waals surface area (Å²) < 4.78 is 0. The maximum absolute atomic E-state index is 4.56. The van der Waals surface area contributed by atoms with Gasteiger partial charge >= 0.3 is 0 Å². The molecule has 0 aliphatic heterocycles. The van der Waals surface area contributed by atoms with Gasteiger partial charge in [-0.2, -0.15) is 0 Å². The lowest BCUT2D eigenvalue weighted by molar-refractivity contribution is 1.32. The Balaban J connectivity index is 2.89. The molecule has 0 aliphatic carbocycles. The average molecular weight is 284 g/mol. The molecule has 1 N–H and O–H groups in total. The molecule has 2 nitrogen and oxygen atoms in total. The smallest absolute Gasteiger partial charge is 0.187 e. The van der Waals surface area contributed by atoms with Gasteiger partial charge in [0.05, 0.1) is 5.69 Å². The van der Waals surface area contributed by atoms with Crippen LogP contribution in [0.25, 0.3) is 5.57 Å². The fraction of sp³-hybridized carbons (Fsp3) is 0.118. The highest BCUT2D eigenvalue weighted by Crippen LogP contribution is 2.23. The monoisotopic (exact) mass is 284 g/mol. The Morgan fingerprint density at radius 2 is 2.10 bits per heavy atom. The number of allylic oxidation sites excluding steroid dienone is 9. The van der Waals surface area contributed by atoms with Crippen molar-refractivity contribution >= 4 is 22.0 Å². The molecule has 0 saturated carbocycles. The predicted molar refractivity (Wildman–Crippen MR) is 91.8 cm³/mol. The third-order valence-corrected chi connectivity index (χ3v) is 3.22. The molecular formula is C17H20N2S. The summed E-state index contributed by atoms with van der Waals surface area (Å²) in [5.74, 6) is 0. The van der Waals surface area contributed by atoms with Gasteiger partial charge in [-0.05, 0) is 19.9 Å². The maximum Gasteiger partial charge on any atom is 0.187 e. The van der Waals surface area contributed by atoms with Crippen LogP contribution in [-0.2, 0) is 0 Å². The topological polar surface area (TPSA) is 24.9 Å². The van der Waals surface area contributed by atoms with E-state index in [0.717, 1.165) is 22.1 Å². The van der Waals surface area contributed by atoms with Gasteiger partial charge in [0.1, 0.15) is 0 Å². The van der Waals surface area contributed by atoms with Gasteiger partial charge in [0.25, 0.3) is 0 Å². The van der Waals surface area contributed by atoms with Gasteiger partial charge in [0.2, 0.25) is 0 Å². The molecule has 0 fully saturated rings. The first-order valence-corrected chi connectivity index (χ1v) is 7.26. The van der Waals surface area contributed by atoms with Crippen LogP contribution in [-0.4, -0.2) is 4.98 Å². The quantitative estimate of drug-likeness (QED) is 0.683. The lowest BCUT2D eigenvalue weighted by atomic mass is 10.2. The summed E-state index contributed by atoms with van der Waals surface area (Å²) in [6, 6.07) is 0. The SMILES string of the molecule is C=C/C=C\C(=C/C)Nc1nc(/C(C=C)=C/C=C\C)cs1. The van der Waals surface area contributed by atoms with E-state index in [1.807, 2.05) is 61.8 Å². The zero-order valence-corrected chi connectivity index (χ0v) is 12.8. The molecule has 0 bridgehead atoms. The van der Waals surface area contributed by atoms with Gasteiger partial charge in [-0.25, -0.2) is 4.98 Å². The van der Waals surface area contributed by atoms with E-state index in [0.29, 0.717) is 0 Å². The van der Waals surface area contributed by atoms with E-state index in [4.69, 9.17) is 0 Å². The van der Waals surface area contributed by atoms with E-state index < -0.39 is 0 Å². The first kappa shape index (κ1) is 15.9. The molecule has 1 aromatic rings. The van der Waals surface area contributed by atoms with Gasteiger partial charge in [-0.15, -0.1) is 11.3 Å². The van der Waals surface area contributed by atoms with Gasteiger partial charge in [0.15, 0.2) is 5.13 Å². The molecule has 0 atom stereocenters. The van der Waals surface area contributed by atoms with Crippen LogP contribution >= 0.6 is 11.3 Å². The largest absolute Gasteiger partial charge is 0.332 e. The Labute approximate surface area is 125 Å². The van der Waals surface area contributed by atoms with Crippen LogP contribution in [0.5, 0.6) is 0 Å². The van der Waals surface area contributed by atoms with Crippen LogP contribution in [0.4, 0.5) is 5.13 Å². The first-order valence-electron chi connectivity index (χ1n) is 6.38. The van der Waals surface area contributed by atoms with Crippen molar-refractivity contribution in [2.24, 2.45) is 0 Å². The Morgan fingerprint density at radius 3 is 2.70 bits per heavy atom. The second-order valence-electron chi connectivity index (χ2n) is 3.85. The predicted octanol–water partition coefficient (Wildman–Crippen LogP) is 5.35.